The van der Waals surface area contributed by atoms with Crippen LogP contribution in [0.2, 0.25) is 0 Å². The van der Waals surface area contributed by atoms with Gasteiger partial charge in [0.25, 0.3) is 0 Å². The Morgan fingerprint density at radius 1 is 1.00 bits per heavy atom. The maximum absolute atomic E-state index is 12.6. The van der Waals surface area contributed by atoms with Gasteiger partial charge in [0, 0.05) is 24.7 Å². The lowest BCUT2D eigenvalue weighted by molar-refractivity contribution is -0.133. The average Bonchev–Trinajstić information content (AvgIpc) is 3.14. The summed E-state index contributed by atoms with van der Waals surface area (Å²) in [6.45, 7) is 5.74. The molecule has 2 aromatic carbocycles. The highest BCUT2D eigenvalue weighted by molar-refractivity contribution is 7.99. The van der Waals surface area contributed by atoms with Gasteiger partial charge in [0.1, 0.15) is 5.82 Å². The van der Waals surface area contributed by atoms with E-state index in [1.807, 2.05) is 73.9 Å². The van der Waals surface area contributed by atoms with Gasteiger partial charge in [0.2, 0.25) is 11.8 Å². The van der Waals surface area contributed by atoms with Crippen molar-refractivity contribution in [3.05, 3.63) is 72.1 Å². The summed E-state index contributed by atoms with van der Waals surface area (Å²) < 4.78 is 1.98. The summed E-state index contributed by atoms with van der Waals surface area (Å²) in [4.78, 5) is 26.2. The van der Waals surface area contributed by atoms with E-state index in [1.54, 1.807) is 7.05 Å². The van der Waals surface area contributed by atoms with Crippen molar-refractivity contribution in [3.63, 3.8) is 0 Å². The van der Waals surface area contributed by atoms with Gasteiger partial charge in [0.05, 0.1) is 12.3 Å². The predicted octanol–water partition coefficient (Wildman–Crippen LogP) is 3.32. The van der Waals surface area contributed by atoms with Crippen molar-refractivity contribution in [2.24, 2.45) is 0 Å². The first-order valence-corrected chi connectivity index (χ1v) is 11.4. The standard InChI is InChI=1S/C24H29N5O2S/c1-24(2,3)25-21(30)16-28(4)22(31)17-32-23-27-26-20(15-18-11-7-5-8-12-18)29(23)19-13-9-6-10-14-19/h5-14H,15-17H2,1-4H3,(H,25,30). The maximum atomic E-state index is 12.6. The van der Waals surface area contributed by atoms with Crippen molar-refractivity contribution < 1.29 is 9.59 Å². The lowest BCUT2D eigenvalue weighted by Gasteiger charge is -2.23. The SMILES string of the molecule is CN(CC(=O)NC(C)(C)C)C(=O)CSc1nnc(Cc2ccccc2)n1-c1ccccc1. The Bertz CT molecular complexity index is 1050. The van der Waals surface area contributed by atoms with Gasteiger partial charge in [-0.25, -0.2) is 0 Å². The number of nitrogens with one attached hydrogen (secondary N) is 1. The van der Waals surface area contributed by atoms with Crippen LogP contribution in [0.15, 0.2) is 65.8 Å². The van der Waals surface area contributed by atoms with Crippen molar-refractivity contribution >= 4 is 23.6 Å². The highest BCUT2D eigenvalue weighted by Crippen LogP contribution is 2.23. The molecule has 32 heavy (non-hydrogen) atoms. The molecule has 1 heterocycles. The normalized spacial score (nSPS) is 11.2. The van der Waals surface area contributed by atoms with Crippen LogP contribution in [-0.4, -0.2) is 56.4 Å². The van der Waals surface area contributed by atoms with Crippen LogP contribution in [0.3, 0.4) is 0 Å². The summed E-state index contributed by atoms with van der Waals surface area (Å²) in [6.07, 6.45) is 0.629. The summed E-state index contributed by atoms with van der Waals surface area (Å²) in [5.41, 5.74) is 1.74. The van der Waals surface area contributed by atoms with Gasteiger partial charge in [-0.15, -0.1) is 10.2 Å². The molecule has 0 spiro atoms. The van der Waals surface area contributed by atoms with E-state index in [4.69, 9.17) is 0 Å². The van der Waals surface area contributed by atoms with Crippen LogP contribution in [0, 0.1) is 0 Å². The number of nitrogens with zero attached hydrogens (tertiary/aromatic N) is 4. The Kier molecular flexibility index (Phi) is 7.69. The number of carbonyl (C=O) groups is 2. The van der Waals surface area contributed by atoms with Crippen LogP contribution in [0.5, 0.6) is 0 Å². The highest BCUT2D eigenvalue weighted by Gasteiger charge is 2.20. The number of carbonyl (C=O) groups excluding carboxylic acids is 2. The molecule has 0 bridgehead atoms. The lowest BCUT2D eigenvalue weighted by atomic mass is 10.1. The Hall–Kier alpha value is -3.13. The van der Waals surface area contributed by atoms with Gasteiger partial charge < -0.3 is 10.2 Å². The number of benzene rings is 2. The zero-order chi connectivity index (χ0) is 23.1. The van der Waals surface area contributed by atoms with Crippen LogP contribution >= 0.6 is 11.8 Å². The van der Waals surface area contributed by atoms with Gasteiger partial charge >= 0.3 is 0 Å². The number of para-hydroxylation sites is 1. The Morgan fingerprint density at radius 2 is 1.62 bits per heavy atom. The second kappa shape index (κ2) is 10.5. The number of aromatic nitrogens is 3. The van der Waals surface area contributed by atoms with Gasteiger partial charge in [-0.05, 0) is 38.5 Å². The van der Waals surface area contributed by atoms with Crippen molar-refractivity contribution in [1.29, 1.82) is 0 Å². The molecule has 0 fully saturated rings. The van der Waals surface area contributed by atoms with Gasteiger partial charge in [0.15, 0.2) is 5.16 Å². The van der Waals surface area contributed by atoms with E-state index in [0.29, 0.717) is 11.6 Å². The molecule has 8 heteroatoms. The smallest absolute Gasteiger partial charge is 0.240 e. The van der Waals surface area contributed by atoms with Crippen LogP contribution < -0.4 is 5.32 Å². The largest absolute Gasteiger partial charge is 0.350 e. The fraction of sp³-hybridized carbons (Fsp3) is 0.333. The summed E-state index contributed by atoms with van der Waals surface area (Å²) in [7, 11) is 1.63. The van der Waals surface area contributed by atoms with Gasteiger partial charge in [-0.1, -0.05) is 60.3 Å². The van der Waals surface area contributed by atoms with E-state index in [2.05, 4.69) is 27.6 Å². The van der Waals surface area contributed by atoms with Gasteiger partial charge in [-0.3, -0.25) is 14.2 Å². The molecule has 3 rings (SSSR count). The number of rotatable bonds is 8. The molecule has 168 valence electrons. The quantitative estimate of drug-likeness (QED) is 0.532. The van der Waals surface area contributed by atoms with E-state index in [1.165, 1.54) is 16.7 Å². The second-order valence-electron chi connectivity index (χ2n) is 8.57. The zero-order valence-electron chi connectivity index (χ0n) is 18.9. The lowest BCUT2D eigenvalue weighted by Crippen LogP contribution is -2.46. The monoisotopic (exact) mass is 451 g/mol. The fourth-order valence-electron chi connectivity index (χ4n) is 3.12. The molecule has 0 aliphatic heterocycles. The minimum absolute atomic E-state index is 0.0152. The molecule has 0 aliphatic rings. The third kappa shape index (κ3) is 6.68. The van der Waals surface area contributed by atoms with E-state index < -0.39 is 0 Å². The average molecular weight is 452 g/mol. The topological polar surface area (TPSA) is 80.1 Å². The minimum atomic E-state index is -0.336. The predicted molar refractivity (Wildman–Crippen MR) is 127 cm³/mol. The molecule has 0 atom stereocenters. The second-order valence-corrected chi connectivity index (χ2v) is 9.51. The zero-order valence-corrected chi connectivity index (χ0v) is 19.7. The molecule has 0 aliphatic carbocycles. The number of hydrogen-bond donors (Lipinski definition) is 1. The van der Waals surface area contributed by atoms with E-state index in [0.717, 1.165) is 17.1 Å². The highest BCUT2D eigenvalue weighted by atomic mass is 32.2. The molecule has 0 unspecified atom stereocenters. The molecule has 1 aromatic heterocycles. The minimum Gasteiger partial charge on any atom is -0.350 e. The number of thioether (sulfide) groups is 1. The first-order valence-electron chi connectivity index (χ1n) is 10.4. The third-order valence-corrected chi connectivity index (χ3v) is 5.48. The molecule has 7 nitrogen and oxygen atoms in total. The van der Waals surface area contributed by atoms with E-state index in [9.17, 15) is 9.59 Å². The Labute approximate surface area is 193 Å². The van der Waals surface area contributed by atoms with Crippen molar-refractivity contribution in [2.75, 3.05) is 19.3 Å². The van der Waals surface area contributed by atoms with Gasteiger partial charge in [-0.2, -0.15) is 0 Å². The van der Waals surface area contributed by atoms with Crippen molar-refractivity contribution in [2.45, 2.75) is 37.9 Å². The summed E-state index contributed by atoms with van der Waals surface area (Å²) in [5.74, 6) is 0.632. The molecule has 2 amide bonds. The fourth-order valence-corrected chi connectivity index (χ4v) is 4.03. The molecule has 0 radical (unpaired) electrons. The first kappa shape index (κ1) is 23.5. The number of hydrogen-bond acceptors (Lipinski definition) is 5. The molecule has 3 aromatic rings. The maximum Gasteiger partial charge on any atom is 0.240 e. The van der Waals surface area contributed by atoms with Crippen molar-refractivity contribution in [3.8, 4) is 5.69 Å². The van der Waals surface area contributed by atoms with E-state index in [-0.39, 0.29) is 29.7 Å². The summed E-state index contributed by atoms with van der Waals surface area (Å²) in [6, 6.07) is 20.0. The van der Waals surface area contributed by atoms with Crippen LogP contribution in [0.4, 0.5) is 0 Å². The molecule has 0 saturated carbocycles. The van der Waals surface area contributed by atoms with Crippen molar-refractivity contribution in [1.82, 2.24) is 25.0 Å². The molecule has 1 N–H and O–H groups in total. The van der Waals surface area contributed by atoms with Crippen LogP contribution in [0.25, 0.3) is 5.69 Å². The molecular weight excluding hydrogens is 422 g/mol. The Balaban J connectivity index is 1.72. The number of likely N-dealkylation sites (N-methyl/N-ethyl adjacent to an activating group) is 1. The van der Waals surface area contributed by atoms with Crippen LogP contribution in [0.1, 0.15) is 32.2 Å². The Morgan fingerprint density at radius 3 is 2.25 bits per heavy atom. The first-order chi connectivity index (χ1) is 15.2. The summed E-state index contributed by atoms with van der Waals surface area (Å²) >= 11 is 1.32. The number of amides is 2. The molecular formula is C24H29N5O2S. The summed E-state index contributed by atoms with van der Waals surface area (Å²) in [5, 5.41) is 12.3. The van der Waals surface area contributed by atoms with Crippen LogP contribution in [-0.2, 0) is 16.0 Å². The molecule has 0 saturated heterocycles. The third-order valence-electron chi connectivity index (χ3n) is 4.57. The van der Waals surface area contributed by atoms with E-state index >= 15 is 0 Å².